The molecule has 1 saturated heterocycles. The molecule has 41 heavy (non-hydrogen) atoms. The number of benzene rings is 2. The van der Waals surface area contributed by atoms with Crippen LogP contribution < -0.4 is 9.47 Å². The van der Waals surface area contributed by atoms with Crippen LogP contribution in [0.5, 0.6) is 11.5 Å². The van der Waals surface area contributed by atoms with Gasteiger partial charge in [0.05, 0.1) is 44.8 Å². The Hall–Kier alpha value is -4.59. The number of nitrogens with zero attached hydrogens (tertiary/aromatic N) is 3. The second kappa shape index (κ2) is 13.2. The Morgan fingerprint density at radius 3 is 1.90 bits per heavy atom. The molecule has 3 aromatic rings. The Bertz CT molecular complexity index is 1410. The van der Waals surface area contributed by atoms with Crippen molar-refractivity contribution in [3.63, 3.8) is 0 Å². The van der Waals surface area contributed by atoms with Crippen LogP contribution in [0.1, 0.15) is 53.5 Å². The predicted octanol–water partition coefficient (Wildman–Crippen LogP) is 2.96. The lowest BCUT2D eigenvalue weighted by molar-refractivity contribution is 0.0201. The number of hydrogen-bond acceptors (Lipinski definition) is 13. The Morgan fingerprint density at radius 1 is 0.805 bits per heavy atom. The molecule has 1 aromatic heterocycles. The van der Waals surface area contributed by atoms with Gasteiger partial charge in [0.25, 0.3) is 0 Å². The summed E-state index contributed by atoms with van der Waals surface area (Å²) in [5, 5.41) is 6.62. The molecule has 1 aliphatic heterocycles. The smallest absolute Gasteiger partial charge is 0.361 e. The number of ether oxygens (including phenoxy) is 6. The zero-order chi connectivity index (χ0) is 29.5. The van der Waals surface area contributed by atoms with Crippen LogP contribution in [0.2, 0.25) is 0 Å². The minimum absolute atomic E-state index is 0.126. The molecule has 0 radical (unpaired) electrons. The summed E-state index contributed by atoms with van der Waals surface area (Å²) < 4.78 is 32.4. The molecule has 2 aromatic carbocycles. The van der Waals surface area contributed by atoms with Crippen LogP contribution in [-0.4, -0.2) is 85.3 Å². The molecule has 0 saturated carbocycles. The molecular formula is C27H27N3O10S. The second-order valence-electron chi connectivity index (χ2n) is 8.58. The first-order valence-electron chi connectivity index (χ1n) is 12.2. The molecule has 0 bridgehead atoms. The van der Waals surface area contributed by atoms with E-state index >= 15 is 0 Å². The summed E-state index contributed by atoms with van der Waals surface area (Å²) in [5.74, 6) is -1.75. The third kappa shape index (κ3) is 6.60. The summed E-state index contributed by atoms with van der Waals surface area (Å²) in [5.41, 5.74) is 0.0652. The van der Waals surface area contributed by atoms with Gasteiger partial charge in [0.1, 0.15) is 29.6 Å². The van der Waals surface area contributed by atoms with Crippen molar-refractivity contribution in [2.75, 3.05) is 35.0 Å². The fourth-order valence-corrected chi connectivity index (χ4v) is 5.50. The van der Waals surface area contributed by atoms with Gasteiger partial charge < -0.3 is 28.4 Å². The Kier molecular flexibility index (Phi) is 9.45. The van der Waals surface area contributed by atoms with Crippen molar-refractivity contribution >= 4 is 35.6 Å². The number of thioether (sulfide) groups is 1. The van der Waals surface area contributed by atoms with Crippen LogP contribution in [0.15, 0.2) is 48.5 Å². The monoisotopic (exact) mass is 585 g/mol. The quantitative estimate of drug-likeness (QED) is 0.253. The number of carbonyl (C=O) groups is 4. The molecule has 1 aliphatic rings. The SMILES string of the molecule is COC(=O)c1nnn([C@H]2C[C@H](OC(=O)c3ccc(OC)cc3)[C@@H](COC(=O)c3ccc(OC)cc3)S2)c1C(=O)OC. The van der Waals surface area contributed by atoms with Crippen molar-refractivity contribution in [1.82, 2.24) is 15.0 Å². The van der Waals surface area contributed by atoms with E-state index in [9.17, 15) is 19.2 Å². The van der Waals surface area contributed by atoms with Gasteiger partial charge in [-0.1, -0.05) is 5.21 Å². The molecule has 0 aliphatic carbocycles. The van der Waals surface area contributed by atoms with Gasteiger partial charge in [-0.15, -0.1) is 16.9 Å². The number of hydrogen-bond donors (Lipinski definition) is 0. The van der Waals surface area contributed by atoms with E-state index in [-0.39, 0.29) is 30.0 Å². The molecular weight excluding hydrogens is 558 g/mol. The summed E-state index contributed by atoms with van der Waals surface area (Å²) in [6.07, 6.45) is -0.606. The first kappa shape index (κ1) is 29.4. The largest absolute Gasteiger partial charge is 0.497 e. The Labute approximate surface area is 239 Å². The molecule has 1 fully saturated rings. The first-order chi connectivity index (χ1) is 19.8. The van der Waals surface area contributed by atoms with E-state index in [1.165, 1.54) is 30.7 Å². The number of rotatable bonds is 10. The molecule has 2 heterocycles. The third-order valence-electron chi connectivity index (χ3n) is 6.19. The number of methoxy groups -OCH3 is 4. The topological polar surface area (TPSA) is 154 Å². The molecule has 0 spiro atoms. The predicted molar refractivity (Wildman–Crippen MR) is 143 cm³/mol. The molecule has 216 valence electrons. The highest BCUT2D eigenvalue weighted by Gasteiger charge is 2.42. The van der Waals surface area contributed by atoms with E-state index in [1.807, 2.05) is 0 Å². The van der Waals surface area contributed by atoms with Crippen molar-refractivity contribution in [3.05, 3.63) is 71.0 Å². The molecule has 13 nitrogen and oxygen atoms in total. The molecule has 0 unspecified atom stereocenters. The summed E-state index contributed by atoms with van der Waals surface area (Å²) in [4.78, 5) is 50.5. The van der Waals surface area contributed by atoms with E-state index < -0.39 is 40.6 Å². The van der Waals surface area contributed by atoms with E-state index in [1.54, 1.807) is 48.5 Å². The number of carbonyl (C=O) groups excluding carboxylic acids is 4. The standard InChI is InChI=1S/C27H27N3O10S/c1-35-17-9-5-15(6-10-17)24(31)39-14-20-19(40-25(32)16-7-11-18(36-2)12-8-16)13-21(41-20)30-23(27(34)38-4)22(28-29-30)26(33)37-3/h5-12,19-21H,13-14H2,1-4H3/t19-,20+,21+/m0/s1. The zero-order valence-corrected chi connectivity index (χ0v) is 23.4. The van der Waals surface area contributed by atoms with E-state index in [4.69, 9.17) is 28.4 Å². The van der Waals surface area contributed by atoms with E-state index in [0.29, 0.717) is 17.1 Å². The van der Waals surface area contributed by atoms with Crippen LogP contribution in [0.3, 0.4) is 0 Å². The minimum atomic E-state index is -0.868. The van der Waals surface area contributed by atoms with Gasteiger partial charge >= 0.3 is 23.9 Å². The molecule has 0 N–H and O–H groups in total. The average molecular weight is 586 g/mol. The van der Waals surface area contributed by atoms with Gasteiger partial charge in [-0.3, -0.25) is 0 Å². The first-order valence-corrected chi connectivity index (χ1v) is 13.2. The lowest BCUT2D eigenvalue weighted by Gasteiger charge is -2.19. The van der Waals surface area contributed by atoms with Crippen LogP contribution in [0.25, 0.3) is 0 Å². The lowest BCUT2D eigenvalue weighted by Crippen LogP contribution is -2.29. The van der Waals surface area contributed by atoms with Crippen molar-refractivity contribution in [2.45, 2.75) is 23.1 Å². The van der Waals surface area contributed by atoms with Gasteiger partial charge in [0, 0.05) is 6.42 Å². The maximum absolute atomic E-state index is 13.0. The van der Waals surface area contributed by atoms with Crippen LogP contribution >= 0.6 is 11.8 Å². The molecule has 3 atom stereocenters. The summed E-state index contributed by atoms with van der Waals surface area (Å²) in [6.45, 7) is -0.126. The van der Waals surface area contributed by atoms with E-state index in [0.717, 1.165) is 14.2 Å². The van der Waals surface area contributed by atoms with E-state index in [2.05, 4.69) is 10.3 Å². The summed E-state index contributed by atoms with van der Waals surface area (Å²) in [6, 6.07) is 12.8. The highest BCUT2D eigenvalue weighted by molar-refractivity contribution is 8.00. The lowest BCUT2D eigenvalue weighted by atomic mass is 10.1. The fraction of sp³-hybridized carbons (Fsp3) is 0.333. The van der Waals surface area contributed by atoms with Gasteiger partial charge in [-0.2, -0.15) is 0 Å². The van der Waals surface area contributed by atoms with Crippen LogP contribution in [-0.2, 0) is 18.9 Å². The average Bonchev–Trinajstić information content (AvgIpc) is 3.63. The number of esters is 4. The highest BCUT2D eigenvalue weighted by Crippen LogP contribution is 2.44. The van der Waals surface area contributed by atoms with Gasteiger partial charge in [-0.05, 0) is 48.5 Å². The van der Waals surface area contributed by atoms with Gasteiger partial charge in [-0.25, -0.2) is 23.9 Å². The third-order valence-corrected chi connectivity index (χ3v) is 7.69. The molecule has 14 heteroatoms. The summed E-state index contributed by atoms with van der Waals surface area (Å²) in [7, 11) is 5.33. The zero-order valence-electron chi connectivity index (χ0n) is 22.6. The molecule has 4 rings (SSSR count). The normalized spacial score (nSPS) is 17.8. The van der Waals surface area contributed by atoms with Crippen LogP contribution in [0.4, 0.5) is 0 Å². The van der Waals surface area contributed by atoms with Gasteiger partial charge in [0.2, 0.25) is 5.69 Å². The maximum Gasteiger partial charge on any atom is 0.361 e. The van der Waals surface area contributed by atoms with Crippen molar-refractivity contribution in [2.24, 2.45) is 0 Å². The second-order valence-corrected chi connectivity index (χ2v) is 10.0. The minimum Gasteiger partial charge on any atom is -0.497 e. The fourth-order valence-electron chi connectivity index (χ4n) is 4.04. The summed E-state index contributed by atoms with van der Waals surface area (Å²) >= 11 is 1.24. The number of aromatic nitrogens is 3. The van der Waals surface area contributed by atoms with Gasteiger partial charge in [0.15, 0.2) is 5.69 Å². The molecule has 0 amide bonds. The Morgan fingerprint density at radius 2 is 1.37 bits per heavy atom. The maximum atomic E-state index is 13.0. The van der Waals surface area contributed by atoms with Crippen molar-refractivity contribution < 1.29 is 47.6 Å². The Balaban J connectivity index is 1.57. The van der Waals surface area contributed by atoms with Crippen molar-refractivity contribution in [1.29, 1.82) is 0 Å². The van der Waals surface area contributed by atoms with Crippen molar-refractivity contribution in [3.8, 4) is 11.5 Å². The van der Waals surface area contributed by atoms with Crippen LogP contribution in [0, 0.1) is 0 Å². The highest BCUT2D eigenvalue weighted by atomic mass is 32.2.